The number of nitrogens with zero attached hydrogens (tertiary/aromatic N) is 2. The van der Waals surface area contributed by atoms with Crippen molar-refractivity contribution < 1.29 is 9.47 Å². The molecule has 0 spiro atoms. The predicted molar refractivity (Wildman–Crippen MR) is 99.9 cm³/mol. The molecule has 2 N–H and O–H groups in total. The minimum Gasteiger partial charge on any atom is -0.497 e. The lowest BCUT2D eigenvalue weighted by Crippen LogP contribution is -2.42. The predicted octanol–water partition coefficient (Wildman–Crippen LogP) is 1.89. The molecule has 0 radical (unpaired) electrons. The molecule has 24 heavy (non-hydrogen) atoms. The van der Waals surface area contributed by atoms with Gasteiger partial charge in [0.15, 0.2) is 5.96 Å². The summed E-state index contributed by atoms with van der Waals surface area (Å²) in [7, 11) is 7.63. The van der Waals surface area contributed by atoms with Crippen molar-refractivity contribution in [2.45, 2.75) is 19.4 Å². The van der Waals surface area contributed by atoms with Crippen LogP contribution >= 0.6 is 0 Å². The normalized spacial score (nSPS) is 13.0. The van der Waals surface area contributed by atoms with Crippen LogP contribution in [0.3, 0.4) is 0 Å². The first-order valence-corrected chi connectivity index (χ1v) is 8.45. The molecule has 1 aromatic rings. The molecule has 0 aromatic heterocycles. The Morgan fingerprint density at radius 1 is 1.21 bits per heavy atom. The Kier molecular flexibility index (Phi) is 9.88. The maximum Gasteiger partial charge on any atom is 0.191 e. The molecule has 1 atom stereocenters. The highest BCUT2D eigenvalue weighted by Crippen LogP contribution is 2.20. The summed E-state index contributed by atoms with van der Waals surface area (Å²) in [4.78, 5) is 6.46. The summed E-state index contributed by atoms with van der Waals surface area (Å²) in [5.41, 5.74) is 1.24. The molecule has 6 heteroatoms. The first-order valence-electron chi connectivity index (χ1n) is 8.45. The first-order chi connectivity index (χ1) is 11.6. The molecule has 1 rings (SSSR count). The van der Waals surface area contributed by atoms with Gasteiger partial charge in [0.2, 0.25) is 0 Å². The number of benzene rings is 1. The lowest BCUT2D eigenvalue weighted by atomic mass is 10.1. The number of hydrogen-bond donors (Lipinski definition) is 2. The molecule has 0 heterocycles. The first kappa shape index (κ1) is 20.3. The number of likely N-dealkylation sites (N-methyl/N-ethyl adjacent to an activating group) is 1. The van der Waals surface area contributed by atoms with Crippen molar-refractivity contribution in [2.75, 3.05) is 54.6 Å². The third kappa shape index (κ3) is 7.19. The van der Waals surface area contributed by atoms with Gasteiger partial charge < -0.3 is 25.0 Å². The summed E-state index contributed by atoms with van der Waals surface area (Å²) in [5.74, 6) is 1.68. The average molecular weight is 336 g/mol. The van der Waals surface area contributed by atoms with Crippen LogP contribution in [0, 0.1) is 0 Å². The Balaban J connectivity index is 2.52. The van der Waals surface area contributed by atoms with Gasteiger partial charge in [-0.05, 0) is 45.1 Å². The van der Waals surface area contributed by atoms with E-state index >= 15 is 0 Å². The van der Waals surface area contributed by atoms with E-state index < -0.39 is 0 Å². The fraction of sp³-hybridized carbons (Fsp3) is 0.611. The zero-order valence-electron chi connectivity index (χ0n) is 15.6. The van der Waals surface area contributed by atoms with E-state index in [1.54, 1.807) is 14.2 Å². The molecular weight excluding hydrogens is 304 g/mol. The number of rotatable bonds is 10. The van der Waals surface area contributed by atoms with Gasteiger partial charge in [0.25, 0.3) is 0 Å². The molecule has 0 fully saturated rings. The van der Waals surface area contributed by atoms with Gasteiger partial charge in [-0.25, -0.2) is 0 Å². The third-order valence-electron chi connectivity index (χ3n) is 3.77. The number of ether oxygens (including phenoxy) is 2. The second-order valence-electron chi connectivity index (χ2n) is 5.68. The highest BCUT2D eigenvalue weighted by atomic mass is 16.5. The molecule has 1 aromatic carbocycles. The molecule has 0 aliphatic carbocycles. The molecule has 6 nitrogen and oxygen atoms in total. The van der Waals surface area contributed by atoms with Crippen LogP contribution in [0.1, 0.15) is 24.9 Å². The smallest absolute Gasteiger partial charge is 0.191 e. The van der Waals surface area contributed by atoms with E-state index in [2.05, 4.69) is 46.8 Å². The van der Waals surface area contributed by atoms with Crippen LogP contribution in [-0.4, -0.2) is 65.4 Å². The summed E-state index contributed by atoms with van der Waals surface area (Å²) in [5, 5.41) is 6.71. The Morgan fingerprint density at radius 2 is 1.92 bits per heavy atom. The van der Waals surface area contributed by atoms with Crippen molar-refractivity contribution in [1.82, 2.24) is 15.5 Å². The third-order valence-corrected chi connectivity index (χ3v) is 3.77. The number of methoxy groups -OCH3 is 1. The minimum atomic E-state index is 0.248. The quantitative estimate of drug-likeness (QED) is 0.388. The summed E-state index contributed by atoms with van der Waals surface area (Å²) < 4.78 is 10.6. The molecular formula is C18H32N4O2. The maximum atomic E-state index is 5.34. The highest BCUT2D eigenvalue weighted by Gasteiger charge is 2.14. The summed E-state index contributed by atoms with van der Waals surface area (Å²) in [6, 6.07) is 8.43. The van der Waals surface area contributed by atoms with Gasteiger partial charge in [0.1, 0.15) is 5.75 Å². The summed E-state index contributed by atoms with van der Waals surface area (Å²) in [6.45, 7) is 5.15. The van der Waals surface area contributed by atoms with Gasteiger partial charge in [0, 0.05) is 33.4 Å². The van der Waals surface area contributed by atoms with Crippen LogP contribution in [0.5, 0.6) is 5.75 Å². The van der Waals surface area contributed by atoms with E-state index in [0.29, 0.717) is 0 Å². The molecule has 0 bridgehead atoms. The number of guanidine groups is 1. The molecule has 1 unspecified atom stereocenters. The molecule has 136 valence electrons. The van der Waals surface area contributed by atoms with Crippen LogP contribution in [0.2, 0.25) is 0 Å². The van der Waals surface area contributed by atoms with E-state index in [-0.39, 0.29) is 6.04 Å². The van der Waals surface area contributed by atoms with Crippen LogP contribution in [0.15, 0.2) is 29.3 Å². The van der Waals surface area contributed by atoms with E-state index in [4.69, 9.17) is 9.47 Å². The van der Waals surface area contributed by atoms with Crippen molar-refractivity contribution in [3.8, 4) is 5.75 Å². The Hall–Kier alpha value is -1.79. The van der Waals surface area contributed by atoms with Gasteiger partial charge >= 0.3 is 0 Å². The zero-order chi connectivity index (χ0) is 17.8. The number of nitrogens with one attached hydrogen (secondary N) is 2. The Bertz CT molecular complexity index is 474. The van der Waals surface area contributed by atoms with Crippen LogP contribution in [0.25, 0.3) is 0 Å². The second-order valence-corrected chi connectivity index (χ2v) is 5.68. The lowest BCUT2D eigenvalue weighted by molar-refractivity contribution is 0.145. The number of aliphatic imine (C=N–C) groups is 1. The maximum absolute atomic E-state index is 5.34. The van der Waals surface area contributed by atoms with E-state index in [1.807, 2.05) is 19.1 Å². The van der Waals surface area contributed by atoms with Crippen molar-refractivity contribution in [2.24, 2.45) is 4.99 Å². The number of hydrogen-bond acceptors (Lipinski definition) is 4. The van der Waals surface area contributed by atoms with Crippen LogP contribution in [-0.2, 0) is 4.74 Å². The van der Waals surface area contributed by atoms with E-state index in [1.165, 1.54) is 5.56 Å². The van der Waals surface area contributed by atoms with Crippen molar-refractivity contribution in [3.63, 3.8) is 0 Å². The molecule has 0 aliphatic heterocycles. The van der Waals surface area contributed by atoms with Crippen molar-refractivity contribution >= 4 is 5.96 Å². The molecule has 0 saturated heterocycles. The molecule has 0 amide bonds. The fourth-order valence-electron chi connectivity index (χ4n) is 2.36. The summed E-state index contributed by atoms with van der Waals surface area (Å²) >= 11 is 0. The average Bonchev–Trinajstić information content (AvgIpc) is 2.60. The van der Waals surface area contributed by atoms with Gasteiger partial charge in [-0.3, -0.25) is 4.99 Å². The lowest BCUT2D eigenvalue weighted by Gasteiger charge is -2.26. The van der Waals surface area contributed by atoms with Crippen LogP contribution < -0.4 is 15.4 Å². The minimum absolute atomic E-state index is 0.248. The molecule has 0 aliphatic rings. The van der Waals surface area contributed by atoms with Crippen molar-refractivity contribution in [3.05, 3.63) is 29.8 Å². The summed E-state index contributed by atoms with van der Waals surface area (Å²) in [6.07, 6.45) is 0.962. The SMILES string of the molecule is CCOCCCNC(=NC)NCC(c1ccc(OC)cc1)N(C)C. The van der Waals surface area contributed by atoms with Gasteiger partial charge in [-0.2, -0.15) is 0 Å². The largest absolute Gasteiger partial charge is 0.497 e. The monoisotopic (exact) mass is 336 g/mol. The highest BCUT2D eigenvalue weighted by molar-refractivity contribution is 5.79. The standard InChI is InChI=1S/C18H32N4O2/c1-6-24-13-7-12-20-18(19-2)21-14-17(22(3)4)15-8-10-16(23-5)11-9-15/h8-11,17H,6-7,12-14H2,1-5H3,(H2,19,20,21). The van der Waals surface area contributed by atoms with Gasteiger partial charge in [-0.15, -0.1) is 0 Å². The van der Waals surface area contributed by atoms with Gasteiger partial charge in [-0.1, -0.05) is 12.1 Å². The fourth-order valence-corrected chi connectivity index (χ4v) is 2.36. The van der Waals surface area contributed by atoms with E-state index in [9.17, 15) is 0 Å². The van der Waals surface area contributed by atoms with Crippen molar-refractivity contribution in [1.29, 1.82) is 0 Å². The van der Waals surface area contributed by atoms with Gasteiger partial charge in [0.05, 0.1) is 13.2 Å². The Labute approximate surface area is 146 Å². The Morgan fingerprint density at radius 3 is 2.46 bits per heavy atom. The topological polar surface area (TPSA) is 58.1 Å². The molecule has 0 saturated carbocycles. The second kappa shape index (κ2) is 11.7. The zero-order valence-corrected chi connectivity index (χ0v) is 15.6. The van der Waals surface area contributed by atoms with E-state index in [0.717, 1.165) is 44.4 Å². The van der Waals surface area contributed by atoms with Crippen LogP contribution in [0.4, 0.5) is 0 Å².